The Kier molecular flexibility index (Phi) is 4.51. The molecule has 1 aromatic heterocycles. The predicted molar refractivity (Wildman–Crippen MR) is 82.5 cm³/mol. The molecule has 0 bridgehead atoms. The number of ether oxygens (including phenoxy) is 1. The van der Waals surface area contributed by atoms with E-state index in [2.05, 4.69) is 4.98 Å². The maximum absolute atomic E-state index is 12.2. The van der Waals surface area contributed by atoms with Gasteiger partial charge in [-0.15, -0.1) is 0 Å². The van der Waals surface area contributed by atoms with E-state index in [0.717, 1.165) is 5.56 Å². The molecule has 1 aromatic carbocycles. The molecule has 0 amide bonds. The Morgan fingerprint density at radius 3 is 2.62 bits per heavy atom. The van der Waals surface area contributed by atoms with Crippen molar-refractivity contribution in [3.63, 3.8) is 0 Å². The number of hydrogen-bond donors (Lipinski definition) is 1. The fourth-order valence-corrected chi connectivity index (χ4v) is 2.46. The fraction of sp³-hybridized carbons (Fsp3) is 0.188. The molecule has 2 rings (SSSR count). The summed E-state index contributed by atoms with van der Waals surface area (Å²) in [6.07, 6.45) is 0. The first-order valence-corrected chi connectivity index (χ1v) is 6.90. The number of benzene rings is 1. The first-order chi connectivity index (χ1) is 10.1. The van der Waals surface area contributed by atoms with Gasteiger partial charge in [0.1, 0.15) is 11.6 Å². The SMILES string of the molecule is CCOC(=O)c1c(-c2ccccc2)[nH]c(C)c(C#N)c1=S. The average molecular weight is 298 g/mol. The highest BCUT2D eigenvalue weighted by molar-refractivity contribution is 7.71. The van der Waals surface area contributed by atoms with Crippen LogP contribution in [0.25, 0.3) is 11.3 Å². The molecule has 1 heterocycles. The lowest BCUT2D eigenvalue weighted by molar-refractivity contribution is 0.0526. The van der Waals surface area contributed by atoms with Crippen molar-refractivity contribution in [2.24, 2.45) is 0 Å². The smallest absolute Gasteiger partial charge is 0.341 e. The molecule has 21 heavy (non-hydrogen) atoms. The highest BCUT2D eigenvalue weighted by Gasteiger charge is 2.20. The number of nitrogens with zero attached hydrogens (tertiary/aromatic N) is 1. The summed E-state index contributed by atoms with van der Waals surface area (Å²) in [6.45, 7) is 3.74. The summed E-state index contributed by atoms with van der Waals surface area (Å²) in [5.74, 6) is -0.519. The molecule has 0 aliphatic rings. The summed E-state index contributed by atoms with van der Waals surface area (Å²) < 4.78 is 5.30. The minimum atomic E-state index is -0.519. The normalized spacial score (nSPS) is 9.95. The third-order valence-electron chi connectivity index (χ3n) is 3.05. The van der Waals surface area contributed by atoms with Crippen molar-refractivity contribution in [3.05, 3.63) is 51.7 Å². The number of rotatable bonds is 3. The molecule has 0 aliphatic carbocycles. The van der Waals surface area contributed by atoms with Gasteiger partial charge in [0.25, 0.3) is 0 Å². The van der Waals surface area contributed by atoms with Gasteiger partial charge in [0.2, 0.25) is 0 Å². The number of nitriles is 1. The zero-order valence-corrected chi connectivity index (χ0v) is 12.6. The Morgan fingerprint density at radius 1 is 1.38 bits per heavy atom. The number of nitrogens with one attached hydrogen (secondary N) is 1. The van der Waals surface area contributed by atoms with Crippen molar-refractivity contribution in [1.29, 1.82) is 5.26 Å². The molecular formula is C16H14N2O2S. The highest BCUT2D eigenvalue weighted by Crippen LogP contribution is 2.26. The molecule has 5 heteroatoms. The molecule has 0 atom stereocenters. The minimum Gasteiger partial charge on any atom is -0.462 e. The van der Waals surface area contributed by atoms with Crippen molar-refractivity contribution in [3.8, 4) is 17.3 Å². The molecule has 0 unspecified atom stereocenters. The molecule has 0 saturated carbocycles. The number of aromatic nitrogens is 1. The summed E-state index contributed by atoms with van der Waals surface area (Å²) in [5.41, 5.74) is 2.57. The van der Waals surface area contributed by atoms with Gasteiger partial charge in [-0.05, 0) is 19.4 Å². The molecule has 0 radical (unpaired) electrons. The molecule has 4 nitrogen and oxygen atoms in total. The average Bonchev–Trinajstić information content (AvgIpc) is 2.48. The van der Waals surface area contributed by atoms with E-state index in [4.69, 9.17) is 17.0 Å². The van der Waals surface area contributed by atoms with Crippen molar-refractivity contribution < 1.29 is 9.53 Å². The Bertz CT molecular complexity index is 773. The Labute approximate surface area is 128 Å². The molecule has 0 saturated heterocycles. The van der Waals surface area contributed by atoms with Gasteiger partial charge in [-0.2, -0.15) is 5.26 Å². The van der Waals surface area contributed by atoms with Crippen LogP contribution in [0.3, 0.4) is 0 Å². The van der Waals surface area contributed by atoms with Gasteiger partial charge in [-0.25, -0.2) is 4.79 Å². The molecule has 0 fully saturated rings. The van der Waals surface area contributed by atoms with Crippen LogP contribution in [0.5, 0.6) is 0 Å². The molecule has 1 N–H and O–H groups in total. The molecule has 0 spiro atoms. The highest BCUT2D eigenvalue weighted by atomic mass is 32.1. The third-order valence-corrected chi connectivity index (χ3v) is 3.45. The maximum Gasteiger partial charge on any atom is 0.341 e. The van der Waals surface area contributed by atoms with Crippen LogP contribution in [0.4, 0.5) is 0 Å². The molecular weight excluding hydrogens is 284 g/mol. The zero-order chi connectivity index (χ0) is 15.4. The molecule has 0 aliphatic heterocycles. The molecule has 106 valence electrons. The van der Waals surface area contributed by atoms with E-state index in [1.54, 1.807) is 13.8 Å². The lowest BCUT2D eigenvalue weighted by Crippen LogP contribution is -2.11. The standard InChI is InChI=1S/C16H14N2O2S/c1-3-20-16(19)13-14(11-7-5-4-6-8-11)18-10(2)12(9-17)15(13)21/h4-8H,3H2,1-2H3,(H,18,21). The number of carbonyl (C=O) groups is 1. The van der Waals surface area contributed by atoms with Gasteiger partial charge in [-0.3, -0.25) is 0 Å². The third kappa shape index (κ3) is 2.86. The number of pyridine rings is 1. The van der Waals surface area contributed by atoms with E-state index >= 15 is 0 Å². The second-order valence-electron chi connectivity index (χ2n) is 4.40. The lowest BCUT2D eigenvalue weighted by atomic mass is 10.0. The van der Waals surface area contributed by atoms with Gasteiger partial charge < -0.3 is 9.72 Å². The van der Waals surface area contributed by atoms with Crippen LogP contribution in [0.15, 0.2) is 30.3 Å². The van der Waals surface area contributed by atoms with Crippen molar-refractivity contribution in [1.82, 2.24) is 4.98 Å². The van der Waals surface area contributed by atoms with Crippen molar-refractivity contribution in [2.75, 3.05) is 6.61 Å². The maximum atomic E-state index is 12.2. The Balaban J connectivity index is 2.79. The Morgan fingerprint density at radius 2 is 2.05 bits per heavy atom. The van der Waals surface area contributed by atoms with Gasteiger partial charge >= 0.3 is 5.97 Å². The second kappa shape index (κ2) is 6.33. The summed E-state index contributed by atoms with van der Waals surface area (Å²) in [7, 11) is 0. The summed E-state index contributed by atoms with van der Waals surface area (Å²) in [4.78, 5) is 15.3. The summed E-state index contributed by atoms with van der Waals surface area (Å²) in [5, 5.41) is 9.21. The minimum absolute atomic E-state index is 0.228. The van der Waals surface area contributed by atoms with Crippen LogP contribution in [0.2, 0.25) is 0 Å². The van der Waals surface area contributed by atoms with Crippen LogP contribution >= 0.6 is 12.2 Å². The van der Waals surface area contributed by atoms with Gasteiger partial charge in [0.05, 0.1) is 22.4 Å². The number of aromatic amines is 1. The number of H-pyrrole nitrogens is 1. The van der Waals surface area contributed by atoms with Crippen LogP contribution in [0.1, 0.15) is 28.5 Å². The molecule has 2 aromatic rings. The predicted octanol–water partition coefficient (Wildman–Crippen LogP) is 3.77. The van der Waals surface area contributed by atoms with E-state index in [-0.39, 0.29) is 16.7 Å². The van der Waals surface area contributed by atoms with E-state index in [1.165, 1.54) is 0 Å². The number of carbonyl (C=O) groups excluding carboxylic acids is 1. The lowest BCUT2D eigenvalue weighted by Gasteiger charge is -2.12. The van der Waals surface area contributed by atoms with Crippen molar-refractivity contribution in [2.45, 2.75) is 13.8 Å². The first-order valence-electron chi connectivity index (χ1n) is 6.49. The van der Waals surface area contributed by atoms with E-state index in [9.17, 15) is 10.1 Å². The largest absolute Gasteiger partial charge is 0.462 e. The van der Waals surface area contributed by atoms with Crippen LogP contribution < -0.4 is 0 Å². The van der Waals surface area contributed by atoms with Crippen molar-refractivity contribution >= 4 is 18.2 Å². The van der Waals surface area contributed by atoms with Gasteiger partial charge in [0, 0.05) is 5.69 Å². The van der Waals surface area contributed by atoms with E-state index in [1.807, 2.05) is 36.4 Å². The topological polar surface area (TPSA) is 65.9 Å². The Hall–Kier alpha value is -2.45. The van der Waals surface area contributed by atoms with E-state index in [0.29, 0.717) is 17.0 Å². The number of esters is 1. The summed E-state index contributed by atoms with van der Waals surface area (Å²) in [6, 6.07) is 11.4. The van der Waals surface area contributed by atoms with Crippen LogP contribution in [-0.2, 0) is 4.74 Å². The quantitative estimate of drug-likeness (QED) is 0.692. The number of aryl methyl sites for hydroxylation is 1. The number of hydrogen-bond acceptors (Lipinski definition) is 4. The first kappa shape index (κ1) is 14.9. The second-order valence-corrected chi connectivity index (χ2v) is 4.81. The van der Waals surface area contributed by atoms with Gasteiger partial charge in [0.15, 0.2) is 0 Å². The monoisotopic (exact) mass is 298 g/mol. The van der Waals surface area contributed by atoms with Gasteiger partial charge in [-0.1, -0.05) is 42.5 Å². The summed E-state index contributed by atoms with van der Waals surface area (Å²) >= 11 is 5.31. The zero-order valence-electron chi connectivity index (χ0n) is 11.8. The van der Waals surface area contributed by atoms with Crippen LogP contribution in [0, 0.1) is 22.8 Å². The van der Waals surface area contributed by atoms with E-state index < -0.39 is 5.97 Å². The van der Waals surface area contributed by atoms with Crippen LogP contribution in [-0.4, -0.2) is 17.6 Å². The fourth-order valence-electron chi connectivity index (χ4n) is 2.08.